The first-order valence-electron chi connectivity index (χ1n) is 9.52. The molecule has 0 unspecified atom stereocenters. The van der Waals surface area contributed by atoms with Gasteiger partial charge in [0.15, 0.2) is 5.82 Å². The lowest BCUT2D eigenvalue weighted by Crippen LogP contribution is -2.47. The largest absolute Gasteiger partial charge is 0.304 e. The first-order chi connectivity index (χ1) is 13.9. The van der Waals surface area contributed by atoms with E-state index in [1.807, 2.05) is 43.4 Å². The molecule has 3 heterocycles. The topological polar surface area (TPSA) is 84.2 Å². The summed E-state index contributed by atoms with van der Waals surface area (Å²) in [6.07, 6.45) is 0. The molecule has 0 N–H and O–H groups in total. The summed E-state index contributed by atoms with van der Waals surface area (Å²) >= 11 is 0. The van der Waals surface area contributed by atoms with Crippen LogP contribution in [-0.4, -0.2) is 70.8 Å². The van der Waals surface area contributed by atoms with Crippen LogP contribution in [0.4, 0.5) is 0 Å². The van der Waals surface area contributed by atoms with Gasteiger partial charge in [-0.3, -0.25) is 0 Å². The molecule has 0 spiro atoms. The summed E-state index contributed by atoms with van der Waals surface area (Å²) in [4.78, 5) is 2.38. The van der Waals surface area contributed by atoms with Crippen molar-refractivity contribution in [3.8, 4) is 17.1 Å². The predicted octanol–water partition coefficient (Wildman–Crippen LogP) is 1.88. The molecule has 4 rings (SSSR count). The zero-order chi connectivity index (χ0) is 20.6. The molecule has 0 saturated carbocycles. The Balaban J connectivity index is 1.67. The number of likely N-dealkylation sites (N-methyl/N-ethyl adjacent to an activating group) is 1. The van der Waals surface area contributed by atoms with Gasteiger partial charge in [-0.1, -0.05) is 30.3 Å². The molecule has 152 valence electrons. The lowest BCUT2D eigenvalue weighted by Gasteiger charge is -2.31. The molecular formula is C20H24N6O2S. The SMILES string of the molecule is Cc1nn(-c2ccc(-c3ccccc3)nn2)c(C)c1S(=O)(=O)N1CCN(C)CC1. The maximum absolute atomic E-state index is 13.2. The number of aryl methyl sites for hydroxylation is 1. The van der Waals surface area contributed by atoms with Gasteiger partial charge in [0.05, 0.1) is 17.1 Å². The van der Waals surface area contributed by atoms with E-state index < -0.39 is 10.0 Å². The van der Waals surface area contributed by atoms with Crippen LogP contribution in [0.25, 0.3) is 17.1 Å². The van der Waals surface area contributed by atoms with Crippen molar-refractivity contribution in [1.82, 2.24) is 29.2 Å². The molecule has 3 aromatic rings. The predicted molar refractivity (Wildman–Crippen MR) is 110 cm³/mol. The van der Waals surface area contributed by atoms with Crippen molar-refractivity contribution in [3.63, 3.8) is 0 Å². The second-order valence-electron chi connectivity index (χ2n) is 7.26. The average molecular weight is 413 g/mol. The number of piperazine rings is 1. The third-order valence-electron chi connectivity index (χ3n) is 5.22. The van der Waals surface area contributed by atoms with Gasteiger partial charge < -0.3 is 4.90 Å². The van der Waals surface area contributed by atoms with Crippen LogP contribution in [0.3, 0.4) is 0 Å². The Bertz CT molecular complexity index is 1100. The van der Waals surface area contributed by atoms with Gasteiger partial charge in [0.2, 0.25) is 10.0 Å². The van der Waals surface area contributed by atoms with E-state index in [4.69, 9.17) is 0 Å². The van der Waals surface area contributed by atoms with Crippen molar-refractivity contribution in [2.24, 2.45) is 0 Å². The fourth-order valence-electron chi connectivity index (χ4n) is 3.58. The molecule has 0 aliphatic carbocycles. The number of hydrogen-bond acceptors (Lipinski definition) is 6. The first kappa shape index (κ1) is 19.7. The highest BCUT2D eigenvalue weighted by Gasteiger charge is 2.33. The van der Waals surface area contributed by atoms with E-state index in [0.29, 0.717) is 30.3 Å². The summed E-state index contributed by atoms with van der Waals surface area (Å²) in [5.74, 6) is 0.491. The molecule has 0 radical (unpaired) electrons. The number of nitrogens with zero attached hydrogens (tertiary/aromatic N) is 6. The zero-order valence-corrected chi connectivity index (χ0v) is 17.6. The average Bonchev–Trinajstić information content (AvgIpc) is 3.04. The Labute approximate surface area is 170 Å². The molecule has 29 heavy (non-hydrogen) atoms. The normalized spacial score (nSPS) is 16.2. The van der Waals surface area contributed by atoms with Gasteiger partial charge in [-0.15, -0.1) is 10.2 Å². The highest BCUT2D eigenvalue weighted by molar-refractivity contribution is 7.89. The van der Waals surface area contributed by atoms with Crippen molar-refractivity contribution in [3.05, 3.63) is 53.9 Å². The van der Waals surface area contributed by atoms with Crippen LogP contribution < -0.4 is 0 Å². The molecule has 2 aromatic heterocycles. The second-order valence-corrected chi connectivity index (χ2v) is 9.14. The van der Waals surface area contributed by atoms with Crippen LogP contribution in [0.15, 0.2) is 47.4 Å². The molecule has 1 aromatic carbocycles. The summed E-state index contributed by atoms with van der Waals surface area (Å²) in [5.41, 5.74) is 2.73. The van der Waals surface area contributed by atoms with Crippen molar-refractivity contribution in [1.29, 1.82) is 0 Å². The lowest BCUT2D eigenvalue weighted by atomic mass is 10.1. The molecule has 0 bridgehead atoms. The van der Waals surface area contributed by atoms with E-state index >= 15 is 0 Å². The third kappa shape index (κ3) is 3.68. The van der Waals surface area contributed by atoms with Crippen LogP contribution in [-0.2, 0) is 10.0 Å². The third-order valence-corrected chi connectivity index (χ3v) is 7.37. The highest BCUT2D eigenvalue weighted by atomic mass is 32.2. The summed E-state index contributed by atoms with van der Waals surface area (Å²) in [7, 11) is -1.61. The summed E-state index contributed by atoms with van der Waals surface area (Å²) < 4.78 is 29.6. The number of sulfonamides is 1. The Morgan fingerprint density at radius 3 is 2.21 bits per heavy atom. The van der Waals surface area contributed by atoms with Crippen LogP contribution in [0.2, 0.25) is 0 Å². The molecule has 1 aliphatic heterocycles. The number of hydrogen-bond donors (Lipinski definition) is 0. The zero-order valence-electron chi connectivity index (χ0n) is 16.8. The van der Waals surface area contributed by atoms with Crippen molar-refractivity contribution < 1.29 is 8.42 Å². The first-order valence-corrected chi connectivity index (χ1v) is 11.0. The molecule has 1 aliphatic rings. The molecule has 8 nitrogen and oxygen atoms in total. The molecule has 0 amide bonds. The standard InChI is InChI=1S/C20H24N6O2S/c1-15-20(29(27,28)25-13-11-24(3)12-14-25)16(2)26(23-15)19-10-9-18(21-22-19)17-7-5-4-6-8-17/h4-10H,11-14H2,1-3H3. The van der Waals surface area contributed by atoms with Gasteiger partial charge in [0, 0.05) is 31.7 Å². The van der Waals surface area contributed by atoms with Gasteiger partial charge >= 0.3 is 0 Å². The number of rotatable bonds is 4. The monoisotopic (exact) mass is 412 g/mol. The molecule has 1 fully saturated rings. The van der Waals surface area contributed by atoms with Crippen LogP contribution >= 0.6 is 0 Å². The molecular weight excluding hydrogens is 388 g/mol. The van der Waals surface area contributed by atoms with Crippen molar-refractivity contribution >= 4 is 10.0 Å². The summed E-state index contributed by atoms with van der Waals surface area (Å²) in [6.45, 7) is 5.88. The van der Waals surface area contributed by atoms with Gasteiger partial charge in [0.25, 0.3) is 0 Å². The van der Waals surface area contributed by atoms with Gasteiger partial charge in [0.1, 0.15) is 4.90 Å². The highest BCUT2D eigenvalue weighted by Crippen LogP contribution is 2.26. The Hall–Kier alpha value is -2.62. The van der Waals surface area contributed by atoms with E-state index in [2.05, 4.69) is 20.2 Å². The van der Waals surface area contributed by atoms with E-state index in [0.717, 1.165) is 24.3 Å². The Kier molecular flexibility index (Phi) is 5.20. The minimum atomic E-state index is -3.61. The van der Waals surface area contributed by atoms with Crippen molar-refractivity contribution in [2.75, 3.05) is 33.2 Å². The fourth-order valence-corrected chi connectivity index (χ4v) is 5.36. The molecule has 0 atom stereocenters. The van der Waals surface area contributed by atoms with E-state index in [1.54, 1.807) is 28.9 Å². The summed E-state index contributed by atoms with van der Waals surface area (Å²) in [6, 6.07) is 13.4. The summed E-state index contributed by atoms with van der Waals surface area (Å²) in [5, 5.41) is 13.0. The van der Waals surface area contributed by atoms with Gasteiger partial charge in [-0.05, 0) is 33.0 Å². The number of benzene rings is 1. The molecule has 9 heteroatoms. The van der Waals surface area contributed by atoms with Crippen molar-refractivity contribution in [2.45, 2.75) is 18.7 Å². The second kappa shape index (κ2) is 7.66. The minimum absolute atomic E-state index is 0.260. The van der Waals surface area contributed by atoms with E-state index in [9.17, 15) is 8.42 Å². The van der Waals surface area contributed by atoms with Crippen LogP contribution in [0.5, 0.6) is 0 Å². The lowest BCUT2D eigenvalue weighted by molar-refractivity contribution is 0.222. The smallest absolute Gasteiger partial charge is 0.246 e. The quantitative estimate of drug-likeness (QED) is 0.651. The van der Waals surface area contributed by atoms with Crippen LogP contribution in [0, 0.1) is 13.8 Å². The van der Waals surface area contributed by atoms with E-state index in [-0.39, 0.29) is 4.90 Å². The number of aromatic nitrogens is 4. The molecule has 1 saturated heterocycles. The minimum Gasteiger partial charge on any atom is -0.304 e. The maximum atomic E-state index is 13.2. The van der Waals surface area contributed by atoms with Gasteiger partial charge in [-0.25, -0.2) is 13.1 Å². The van der Waals surface area contributed by atoms with Crippen LogP contribution in [0.1, 0.15) is 11.4 Å². The van der Waals surface area contributed by atoms with Gasteiger partial charge in [-0.2, -0.15) is 9.40 Å². The maximum Gasteiger partial charge on any atom is 0.246 e. The fraction of sp³-hybridized carbons (Fsp3) is 0.350. The van der Waals surface area contributed by atoms with E-state index in [1.165, 1.54) is 0 Å². The Morgan fingerprint density at radius 2 is 1.59 bits per heavy atom. The Morgan fingerprint density at radius 1 is 0.897 bits per heavy atom.